The van der Waals surface area contributed by atoms with Crippen LogP contribution in [0.25, 0.3) is 0 Å². The molecule has 2 unspecified atom stereocenters. The predicted octanol–water partition coefficient (Wildman–Crippen LogP) is 4.73. The Morgan fingerprint density at radius 3 is 2.62 bits per heavy atom. The van der Waals surface area contributed by atoms with Gasteiger partial charge >= 0.3 is 0 Å². The van der Waals surface area contributed by atoms with Crippen molar-refractivity contribution in [3.63, 3.8) is 0 Å². The standard InChI is InChI=1S/C27H28N2O4S/c1-3-23(30)21-11-12-24(16(2)25(21)31)33-14-17-7-9-18(10-8-17)26(32)20-6-4-5-19(13-20)22-15-34-27(28)29-22/h4-13,26-27,31-32H,3,14-15,28H2,1-2H3. The van der Waals surface area contributed by atoms with E-state index in [1.807, 2.05) is 48.5 Å². The van der Waals surface area contributed by atoms with Gasteiger partial charge < -0.3 is 20.7 Å². The number of phenols is 1. The number of hydrogen-bond donors (Lipinski definition) is 3. The Kier molecular flexibility index (Phi) is 7.36. The molecule has 0 bridgehead atoms. The number of benzene rings is 3. The normalized spacial score (nSPS) is 16.2. The van der Waals surface area contributed by atoms with E-state index in [-0.39, 0.29) is 17.0 Å². The second-order valence-electron chi connectivity index (χ2n) is 8.20. The predicted molar refractivity (Wildman–Crippen MR) is 136 cm³/mol. The molecule has 0 amide bonds. The van der Waals surface area contributed by atoms with Crippen molar-refractivity contribution < 1.29 is 19.7 Å². The number of nitrogens with two attached hydrogens (primary N) is 1. The largest absolute Gasteiger partial charge is 0.507 e. The summed E-state index contributed by atoms with van der Waals surface area (Å²) in [6.07, 6.45) is -0.432. The van der Waals surface area contributed by atoms with Crippen LogP contribution >= 0.6 is 11.8 Å². The lowest BCUT2D eigenvalue weighted by molar-refractivity contribution is 0.0985. The Bertz CT molecular complexity index is 1220. The van der Waals surface area contributed by atoms with E-state index >= 15 is 0 Å². The fourth-order valence-corrected chi connectivity index (χ4v) is 4.61. The highest BCUT2D eigenvalue weighted by Crippen LogP contribution is 2.32. The van der Waals surface area contributed by atoms with E-state index in [2.05, 4.69) is 4.99 Å². The highest BCUT2D eigenvalue weighted by molar-refractivity contribution is 8.00. The van der Waals surface area contributed by atoms with Crippen molar-refractivity contribution in [1.82, 2.24) is 0 Å². The summed E-state index contributed by atoms with van der Waals surface area (Å²) in [5, 5.41) is 21.3. The van der Waals surface area contributed by atoms with Gasteiger partial charge in [-0.3, -0.25) is 9.79 Å². The molecule has 7 heteroatoms. The third-order valence-electron chi connectivity index (χ3n) is 5.90. The molecule has 3 aromatic carbocycles. The minimum absolute atomic E-state index is 0.0332. The molecule has 1 aliphatic rings. The average Bonchev–Trinajstić information content (AvgIpc) is 3.31. The molecule has 4 rings (SSSR count). The Morgan fingerprint density at radius 1 is 1.18 bits per heavy atom. The summed E-state index contributed by atoms with van der Waals surface area (Å²) in [6.45, 7) is 3.79. The second-order valence-corrected chi connectivity index (χ2v) is 9.30. The maximum atomic E-state index is 11.9. The zero-order chi connectivity index (χ0) is 24.2. The molecule has 1 heterocycles. The quantitative estimate of drug-likeness (QED) is 0.406. The second kappa shape index (κ2) is 10.4. The van der Waals surface area contributed by atoms with E-state index in [4.69, 9.17) is 10.5 Å². The van der Waals surface area contributed by atoms with Gasteiger partial charge in [0.05, 0.1) is 11.3 Å². The maximum Gasteiger partial charge on any atom is 0.166 e. The van der Waals surface area contributed by atoms with Crippen molar-refractivity contribution in [2.75, 3.05) is 5.75 Å². The summed E-state index contributed by atoms with van der Waals surface area (Å²) in [5.74, 6) is 1.16. The third-order valence-corrected chi connectivity index (χ3v) is 6.79. The fraction of sp³-hybridized carbons (Fsp3) is 0.259. The molecular weight excluding hydrogens is 448 g/mol. The van der Waals surface area contributed by atoms with Gasteiger partial charge in [0.15, 0.2) is 5.78 Å². The number of thioether (sulfide) groups is 1. The number of aliphatic imine (C=N–C) groups is 1. The summed E-state index contributed by atoms with van der Waals surface area (Å²) < 4.78 is 5.88. The number of nitrogens with zero attached hydrogens (tertiary/aromatic N) is 1. The fourth-order valence-electron chi connectivity index (χ4n) is 3.84. The number of hydrogen-bond acceptors (Lipinski definition) is 7. The van der Waals surface area contributed by atoms with Crippen LogP contribution in [-0.4, -0.2) is 33.0 Å². The number of ketones is 1. The number of ether oxygens (including phenoxy) is 1. The first-order valence-corrected chi connectivity index (χ1v) is 12.2. The van der Waals surface area contributed by atoms with Crippen LogP contribution in [-0.2, 0) is 6.61 Å². The van der Waals surface area contributed by atoms with Gasteiger partial charge in [-0.1, -0.05) is 49.4 Å². The highest BCUT2D eigenvalue weighted by Gasteiger charge is 2.18. The number of aromatic hydroxyl groups is 1. The molecule has 176 valence electrons. The smallest absolute Gasteiger partial charge is 0.166 e. The molecule has 0 saturated heterocycles. The number of rotatable bonds is 8. The van der Waals surface area contributed by atoms with Gasteiger partial charge in [0.25, 0.3) is 0 Å². The molecule has 0 saturated carbocycles. The number of phenolic OH excluding ortho intramolecular Hbond substituents is 1. The van der Waals surface area contributed by atoms with Gasteiger partial charge in [0.2, 0.25) is 0 Å². The summed E-state index contributed by atoms with van der Waals surface area (Å²) in [6, 6.07) is 18.6. The van der Waals surface area contributed by atoms with Crippen LogP contribution < -0.4 is 10.5 Å². The third kappa shape index (κ3) is 5.17. The number of carbonyl (C=O) groups is 1. The van der Waals surface area contributed by atoms with Crippen molar-refractivity contribution in [2.24, 2.45) is 10.7 Å². The molecule has 0 spiro atoms. The van der Waals surface area contributed by atoms with Crippen molar-refractivity contribution in [3.8, 4) is 11.5 Å². The van der Waals surface area contributed by atoms with E-state index in [0.29, 0.717) is 29.9 Å². The number of Topliss-reactive ketones (excluding diaryl/α,β-unsaturated/α-hetero) is 1. The highest BCUT2D eigenvalue weighted by atomic mass is 32.2. The van der Waals surface area contributed by atoms with Crippen molar-refractivity contribution in [2.45, 2.75) is 38.5 Å². The molecule has 34 heavy (non-hydrogen) atoms. The topological polar surface area (TPSA) is 105 Å². The first kappa shape index (κ1) is 24.0. The number of carbonyl (C=O) groups excluding carboxylic acids is 1. The van der Waals surface area contributed by atoms with Crippen LogP contribution in [0.4, 0.5) is 0 Å². The Hall–Kier alpha value is -3.13. The maximum absolute atomic E-state index is 11.9. The minimum Gasteiger partial charge on any atom is -0.507 e. The van der Waals surface area contributed by atoms with Gasteiger partial charge in [-0.2, -0.15) is 0 Å². The van der Waals surface area contributed by atoms with Crippen LogP contribution in [0.1, 0.15) is 57.6 Å². The zero-order valence-corrected chi connectivity index (χ0v) is 20.0. The van der Waals surface area contributed by atoms with Gasteiger partial charge in [-0.25, -0.2) is 0 Å². The lowest BCUT2D eigenvalue weighted by atomic mass is 9.98. The average molecular weight is 477 g/mol. The van der Waals surface area contributed by atoms with E-state index in [9.17, 15) is 15.0 Å². The summed E-state index contributed by atoms with van der Waals surface area (Å²) in [7, 11) is 0. The molecular formula is C27H28N2O4S. The molecule has 0 aromatic heterocycles. The monoisotopic (exact) mass is 476 g/mol. The molecule has 0 aliphatic carbocycles. The van der Waals surface area contributed by atoms with Crippen molar-refractivity contribution in [3.05, 3.63) is 94.0 Å². The van der Waals surface area contributed by atoms with Crippen molar-refractivity contribution in [1.29, 1.82) is 0 Å². The van der Waals surface area contributed by atoms with Crippen molar-refractivity contribution >= 4 is 23.3 Å². The number of aliphatic hydroxyl groups is 1. The van der Waals surface area contributed by atoms with Gasteiger partial charge in [0, 0.05) is 17.7 Å². The van der Waals surface area contributed by atoms with E-state index in [1.165, 1.54) is 0 Å². The molecule has 1 aliphatic heterocycles. The molecule has 3 aromatic rings. The van der Waals surface area contributed by atoms with Crippen LogP contribution in [0.2, 0.25) is 0 Å². The molecule has 0 fully saturated rings. The van der Waals surface area contributed by atoms with Gasteiger partial charge in [-0.15, -0.1) is 11.8 Å². The molecule has 4 N–H and O–H groups in total. The van der Waals surface area contributed by atoms with E-state index in [0.717, 1.165) is 33.7 Å². The number of aliphatic hydroxyl groups excluding tert-OH is 1. The van der Waals surface area contributed by atoms with Gasteiger partial charge in [0.1, 0.15) is 29.7 Å². The summed E-state index contributed by atoms with van der Waals surface area (Å²) in [4.78, 5) is 16.4. The Balaban J connectivity index is 1.43. The summed E-state index contributed by atoms with van der Waals surface area (Å²) in [5.41, 5.74) is 10.9. The SMILES string of the molecule is CCC(=O)c1ccc(OCc2ccc(C(O)c3cccc(C4=NC(N)SC4)c3)cc2)c(C)c1O. The first-order chi connectivity index (χ1) is 16.4. The first-order valence-electron chi connectivity index (χ1n) is 11.2. The van der Waals surface area contributed by atoms with Crippen LogP contribution in [0.3, 0.4) is 0 Å². The van der Waals surface area contributed by atoms with E-state index in [1.54, 1.807) is 37.7 Å². The minimum atomic E-state index is -0.763. The van der Waals surface area contributed by atoms with Gasteiger partial charge in [-0.05, 0) is 47.4 Å². The van der Waals surface area contributed by atoms with E-state index < -0.39 is 6.10 Å². The molecule has 2 atom stereocenters. The zero-order valence-electron chi connectivity index (χ0n) is 19.2. The Morgan fingerprint density at radius 2 is 1.94 bits per heavy atom. The lowest BCUT2D eigenvalue weighted by Crippen LogP contribution is -2.08. The summed E-state index contributed by atoms with van der Waals surface area (Å²) >= 11 is 1.59. The van der Waals surface area contributed by atoms with Crippen LogP contribution in [0.5, 0.6) is 11.5 Å². The van der Waals surface area contributed by atoms with Crippen LogP contribution in [0.15, 0.2) is 65.7 Å². The van der Waals surface area contributed by atoms with Crippen LogP contribution in [0, 0.1) is 6.92 Å². The Labute approximate surface area is 203 Å². The molecule has 0 radical (unpaired) electrons. The molecule has 6 nitrogen and oxygen atoms in total. The lowest BCUT2D eigenvalue weighted by Gasteiger charge is -2.15.